The number of aromatic carboxylic acids is 1. The summed E-state index contributed by atoms with van der Waals surface area (Å²) in [5, 5.41) is 16.7. The molecule has 0 bridgehead atoms. The van der Waals surface area contributed by atoms with Gasteiger partial charge < -0.3 is 15.9 Å². The summed E-state index contributed by atoms with van der Waals surface area (Å²) < 4.78 is 0. The van der Waals surface area contributed by atoms with Gasteiger partial charge in [-0.05, 0) is 26.0 Å². The number of nitrogens with two attached hydrogens (primary N) is 1. The first-order chi connectivity index (χ1) is 6.87. The minimum absolute atomic E-state index is 0.0486. The third-order valence-electron chi connectivity index (χ3n) is 1.43. The number of carboxylic acids is 1. The number of aliphatic hydroxyl groups excluding tert-OH is 1. The number of hydrogen-bond acceptors (Lipinski definition) is 3. The minimum Gasteiger partial charge on any atom is -0.478 e. The molecule has 0 radical (unpaired) electrons. The molecule has 0 saturated carbocycles. The van der Waals surface area contributed by atoms with Gasteiger partial charge in [-0.25, -0.2) is 4.79 Å². The van der Waals surface area contributed by atoms with Gasteiger partial charge in [-0.2, -0.15) is 0 Å². The van der Waals surface area contributed by atoms with Crippen LogP contribution in [0.15, 0.2) is 30.3 Å². The number of aliphatic hydroxyl groups is 1. The number of hydrogen-bond donors (Lipinski definition) is 3. The second-order valence-corrected chi connectivity index (χ2v) is 3.82. The molecule has 4 N–H and O–H groups in total. The molecule has 0 unspecified atom stereocenters. The van der Waals surface area contributed by atoms with Gasteiger partial charge in [-0.1, -0.05) is 18.2 Å². The first kappa shape index (κ1) is 13.6. The van der Waals surface area contributed by atoms with E-state index in [4.69, 9.17) is 15.9 Å². The predicted molar refractivity (Wildman–Crippen MR) is 58.8 cm³/mol. The average Bonchev–Trinajstić information content (AvgIpc) is 2.19. The Morgan fingerprint density at radius 2 is 1.73 bits per heavy atom. The fourth-order valence-corrected chi connectivity index (χ4v) is 0.581. The molecule has 4 heteroatoms. The van der Waals surface area contributed by atoms with Gasteiger partial charge in [0, 0.05) is 5.54 Å². The van der Waals surface area contributed by atoms with Gasteiger partial charge in [0.2, 0.25) is 0 Å². The molecule has 0 saturated heterocycles. The molecule has 1 aromatic rings. The van der Waals surface area contributed by atoms with Crippen molar-refractivity contribution in [3.63, 3.8) is 0 Å². The van der Waals surface area contributed by atoms with Crippen LogP contribution in [0, 0.1) is 0 Å². The van der Waals surface area contributed by atoms with Crippen LogP contribution in [0.1, 0.15) is 24.2 Å². The van der Waals surface area contributed by atoms with Crippen LogP contribution in [0.2, 0.25) is 0 Å². The van der Waals surface area contributed by atoms with Crippen molar-refractivity contribution in [3.8, 4) is 0 Å². The summed E-state index contributed by atoms with van der Waals surface area (Å²) in [5.41, 5.74) is 5.21. The summed E-state index contributed by atoms with van der Waals surface area (Å²) in [6, 6.07) is 8.30. The number of carboxylic acid groups (broad SMARTS) is 1. The summed E-state index contributed by atoms with van der Waals surface area (Å²) in [6.07, 6.45) is 0. The normalized spacial score (nSPS) is 10.1. The lowest BCUT2D eigenvalue weighted by atomic mass is 10.1. The minimum atomic E-state index is -0.879. The van der Waals surface area contributed by atoms with Crippen LogP contribution in [-0.2, 0) is 0 Å². The molecule has 15 heavy (non-hydrogen) atoms. The van der Waals surface area contributed by atoms with Crippen molar-refractivity contribution < 1.29 is 15.0 Å². The fourth-order valence-electron chi connectivity index (χ4n) is 0.581. The first-order valence-corrected chi connectivity index (χ1v) is 4.55. The van der Waals surface area contributed by atoms with Crippen molar-refractivity contribution in [2.75, 3.05) is 6.61 Å². The molecule has 1 rings (SSSR count). The second kappa shape index (κ2) is 6.16. The zero-order valence-corrected chi connectivity index (χ0v) is 8.97. The Bertz CT molecular complexity index is 290. The zero-order valence-electron chi connectivity index (χ0n) is 8.97. The van der Waals surface area contributed by atoms with Gasteiger partial charge in [0.05, 0.1) is 12.2 Å². The first-order valence-electron chi connectivity index (χ1n) is 4.55. The molecule has 0 aromatic heterocycles. The molecular weight excluding hydrogens is 194 g/mol. The van der Waals surface area contributed by atoms with Crippen LogP contribution in [0.25, 0.3) is 0 Å². The second-order valence-electron chi connectivity index (χ2n) is 3.82. The zero-order chi connectivity index (χ0) is 11.9. The maximum Gasteiger partial charge on any atom is 0.335 e. The summed E-state index contributed by atoms with van der Waals surface area (Å²) in [7, 11) is 0. The molecule has 0 aliphatic carbocycles. The topological polar surface area (TPSA) is 83.5 Å². The Labute approximate surface area is 89.4 Å². The van der Waals surface area contributed by atoms with Gasteiger partial charge >= 0.3 is 5.97 Å². The summed E-state index contributed by atoms with van der Waals surface area (Å²) >= 11 is 0. The fraction of sp³-hybridized carbons (Fsp3) is 0.364. The average molecular weight is 211 g/mol. The van der Waals surface area contributed by atoms with Crippen LogP contribution >= 0.6 is 0 Å². The van der Waals surface area contributed by atoms with E-state index < -0.39 is 11.5 Å². The number of rotatable bonds is 2. The van der Waals surface area contributed by atoms with Crippen LogP contribution < -0.4 is 5.73 Å². The molecule has 0 heterocycles. The van der Waals surface area contributed by atoms with Gasteiger partial charge in [0.15, 0.2) is 0 Å². The predicted octanol–water partition coefficient (Wildman–Crippen LogP) is 1.10. The molecule has 0 amide bonds. The van der Waals surface area contributed by atoms with Crippen LogP contribution in [0.3, 0.4) is 0 Å². The molecule has 1 aromatic carbocycles. The Balaban J connectivity index is 0.000000288. The standard InChI is InChI=1S/C7H6O2.C4H11NO/c8-7(9)6-4-2-1-3-5-6;1-4(2,5)3-6/h1-5H,(H,8,9);6H,3,5H2,1-2H3. The smallest absolute Gasteiger partial charge is 0.335 e. The number of benzene rings is 1. The highest BCUT2D eigenvalue weighted by molar-refractivity contribution is 5.87. The van der Waals surface area contributed by atoms with Crippen molar-refractivity contribution >= 4 is 5.97 Å². The van der Waals surface area contributed by atoms with Crippen LogP contribution in [-0.4, -0.2) is 28.3 Å². The Morgan fingerprint density at radius 1 is 1.33 bits per heavy atom. The third-order valence-corrected chi connectivity index (χ3v) is 1.43. The molecule has 4 nitrogen and oxygen atoms in total. The van der Waals surface area contributed by atoms with E-state index in [9.17, 15) is 4.79 Å². The highest BCUT2D eigenvalue weighted by Gasteiger charge is 2.05. The van der Waals surface area contributed by atoms with Crippen molar-refractivity contribution in [2.24, 2.45) is 5.73 Å². The molecule has 0 aliphatic rings. The lowest BCUT2D eigenvalue weighted by Gasteiger charge is -2.12. The van der Waals surface area contributed by atoms with Gasteiger partial charge in [-0.3, -0.25) is 0 Å². The molecule has 0 fully saturated rings. The maximum absolute atomic E-state index is 10.2. The lowest BCUT2D eigenvalue weighted by Crippen LogP contribution is -2.35. The molecular formula is C11H17NO3. The van der Waals surface area contributed by atoms with Crippen LogP contribution in [0.5, 0.6) is 0 Å². The Morgan fingerprint density at radius 3 is 1.93 bits per heavy atom. The molecule has 0 atom stereocenters. The monoisotopic (exact) mass is 211 g/mol. The molecule has 0 spiro atoms. The third kappa shape index (κ3) is 7.66. The van der Waals surface area contributed by atoms with Gasteiger partial charge in [0.1, 0.15) is 0 Å². The van der Waals surface area contributed by atoms with Crippen molar-refractivity contribution in [3.05, 3.63) is 35.9 Å². The highest BCUT2D eigenvalue weighted by atomic mass is 16.4. The highest BCUT2D eigenvalue weighted by Crippen LogP contribution is 1.96. The largest absolute Gasteiger partial charge is 0.478 e. The Kier molecular flexibility index (Phi) is 5.59. The maximum atomic E-state index is 10.2. The van der Waals surface area contributed by atoms with Gasteiger partial charge in [0.25, 0.3) is 0 Å². The number of carbonyl (C=O) groups is 1. The van der Waals surface area contributed by atoms with E-state index in [1.807, 2.05) is 0 Å². The quantitative estimate of drug-likeness (QED) is 0.684. The van der Waals surface area contributed by atoms with E-state index in [0.29, 0.717) is 5.56 Å². The van der Waals surface area contributed by atoms with Gasteiger partial charge in [-0.15, -0.1) is 0 Å². The van der Waals surface area contributed by atoms with E-state index in [-0.39, 0.29) is 6.61 Å². The van der Waals surface area contributed by atoms with E-state index in [2.05, 4.69) is 0 Å². The molecule has 84 valence electrons. The SMILES string of the molecule is CC(C)(N)CO.O=C(O)c1ccccc1. The van der Waals surface area contributed by atoms with Crippen molar-refractivity contribution in [2.45, 2.75) is 19.4 Å². The summed E-state index contributed by atoms with van der Waals surface area (Å²) in [6.45, 7) is 3.59. The molecule has 0 aliphatic heterocycles. The van der Waals surface area contributed by atoms with E-state index in [1.165, 1.54) is 0 Å². The van der Waals surface area contributed by atoms with Crippen LogP contribution in [0.4, 0.5) is 0 Å². The van der Waals surface area contributed by atoms with E-state index in [0.717, 1.165) is 0 Å². The lowest BCUT2D eigenvalue weighted by molar-refractivity contribution is 0.0697. The summed E-state index contributed by atoms with van der Waals surface area (Å²) in [5.74, 6) is -0.879. The van der Waals surface area contributed by atoms with Crippen molar-refractivity contribution in [1.82, 2.24) is 0 Å². The van der Waals surface area contributed by atoms with E-state index in [1.54, 1.807) is 44.2 Å². The van der Waals surface area contributed by atoms with E-state index >= 15 is 0 Å². The summed E-state index contributed by atoms with van der Waals surface area (Å²) in [4.78, 5) is 10.2. The van der Waals surface area contributed by atoms with Crippen molar-refractivity contribution in [1.29, 1.82) is 0 Å². The Hall–Kier alpha value is -1.39.